The SMILES string of the molecule is Cc1c(NCCc2c[nH]c3ccccc23)ccc([N+](=O)O)c1C. The Balaban J connectivity index is 1.72. The molecule has 0 unspecified atom stereocenters. The summed E-state index contributed by atoms with van der Waals surface area (Å²) < 4.78 is 0. The van der Waals surface area contributed by atoms with E-state index in [4.69, 9.17) is 5.21 Å². The van der Waals surface area contributed by atoms with E-state index >= 15 is 0 Å². The largest absolute Gasteiger partial charge is 0.384 e. The van der Waals surface area contributed by atoms with Gasteiger partial charge in [0.25, 0.3) is 4.92 Å². The standard InChI is InChI=1S/C18H20N3O2/c1-12-13(2)18(21(22)23)8-7-16(12)19-10-9-14-11-20-17-6-4-3-5-15(14)17/h3-8,11,19-20H,9-10H2,1-2H3,(H,22,23)/q+1. The Kier molecular flexibility index (Phi) is 4.02. The first-order chi connectivity index (χ1) is 11.1. The van der Waals surface area contributed by atoms with Gasteiger partial charge in [-0.3, -0.25) is 0 Å². The maximum absolute atomic E-state index is 11.1. The van der Waals surface area contributed by atoms with E-state index < -0.39 is 0 Å². The van der Waals surface area contributed by atoms with Crippen LogP contribution in [-0.2, 0) is 6.42 Å². The number of H-pyrrole nitrogens is 1. The van der Waals surface area contributed by atoms with Crippen molar-refractivity contribution < 1.29 is 10.1 Å². The van der Waals surface area contributed by atoms with Gasteiger partial charge in [-0.1, -0.05) is 18.2 Å². The number of hydrogen-bond acceptors (Lipinski definition) is 2. The minimum atomic E-state index is -0.0853. The van der Waals surface area contributed by atoms with Crippen molar-refractivity contribution in [2.45, 2.75) is 20.3 Å². The predicted octanol–water partition coefficient (Wildman–Crippen LogP) is 4.24. The normalized spacial score (nSPS) is 10.9. The van der Waals surface area contributed by atoms with Gasteiger partial charge in [-0.25, -0.2) is 5.21 Å². The molecular weight excluding hydrogens is 290 g/mol. The zero-order valence-electron chi connectivity index (χ0n) is 13.3. The molecule has 118 valence electrons. The second-order valence-electron chi connectivity index (χ2n) is 5.69. The van der Waals surface area contributed by atoms with Crippen LogP contribution in [0.2, 0.25) is 0 Å². The van der Waals surface area contributed by atoms with Crippen molar-refractivity contribution in [2.24, 2.45) is 0 Å². The first-order valence-corrected chi connectivity index (χ1v) is 7.63. The average molecular weight is 310 g/mol. The van der Waals surface area contributed by atoms with E-state index in [2.05, 4.69) is 28.6 Å². The highest BCUT2D eigenvalue weighted by molar-refractivity contribution is 5.83. The monoisotopic (exact) mass is 310 g/mol. The Morgan fingerprint density at radius 3 is 2.70 bits per heavy atom. The molecule has 0 radical (unpaired) electrons. The van der Waals surface area contributed by atoms with Gasteiger partial charge in [-0.15, -0.1) is 0 Å². The third-order valence-corrected chi connectivity index (χ3v) is 4.35. The summed E-state index contributed by atoms with van der Waals surface area (Å²) in [6, 6.07) is 11.7. The lowest BCUT2D eigenvalue weighted by atomic mass is 10.1. The molecule has 0 fully saturated rings. The van der Waals surface area contributed by atoms with Crippen LogP contribution in [0.4, 0.5) is 11.4 Å². The molecule has 0 atom stereocenters. The van der Waals surface area contributed by atoms with E-state index in [1.54, 1.807) is 6.07 Å². The summed E-state index contributed by atoms with van der Waals surface area (Å²) in [5.41, 5.74) is 5.44. The van der Waals surface area contributed by atoms with E-state index in [-0.39, 0.29) is 10.6 Å². The van der Waals surface area contributed by atoms with Crippen molar-refractivity contribution in [3.05, 3.63) is 64.2 Å². The molecular formula is C18H20N3O2+. The molecule has 23 heavy (non-hydrogen) atoms. The first kappa shape index (κ1) is 15.1. The van der Waals surface area contributed by atoms with Gasteiger partial charge in [0.2, 0.25) is 0 Å². The van der Waals surface area contributed by atoms with Crippen LogP contribution in [0.1, 0.15) is 16.7 Å². The summed E-state index contributed by atoms with van der Waals surface area (Å²) in [6.45, 7) is 4.56. The topological polar surface area (TPSA) is 68.1 Å². The van der Waals surface area contributed by atoms with Gasteiger partial charge in [0.1, 0.15) is 0 Å². The first-order valence-electron chi connectivity index (χ1n) is 7.63. The van der Waals surface area contributed by atoms with E-state index in [0.29, 0.717) is 0 Å². The van der Waals surface area contributed by atoms with Crippen LogP contribution in [0.5, 0.6) is 0 Å². The van der Waals surface area contributed by atoms with Crippen LogP contribution >= 0.6 is 0 Å². The van der Waals surface area contributed by atoms with E-state index in [1.165, 1.54) is 10.9 Å². The molecule has 0 aliphatic heterocycles. The van der Waals surface area contributed by atoms with Crippen LogP contribution in [0.3, 0.4) is 0 Å². The second-order valence-corrected chi connectivity index (χ2v) is 5.69. The van der Waals surface area contributed by atoms with Crippen molar-refractivity contribution in [1.82, 2.24) is 4.98 Å². The Labute approximate surface area is 134 Å². The molecule has 5 heteroatoms. The van der Waals surface area contributed by atoms with Crippen molar-refractivity contribution in [3.8, 4) is 0 Å². The summed E-state index contributed by atoms with van der Waals surface area (Å²) in [5, 5.41) is 13.7. The van der Waals surface area contributed by atoms with E-state index in [1.807, 2.05) is 32.0 Å². The number of anilines is 1. The molecule has 3 aromatic rings. The van der Waals surface area contributed by atoms with Crippen LogP contribution in [0.15, 0.2) is 42.6 Å². The lowest BCUT2D eigenvalue weighted by Gasteiger charge is -2.11. The van der Waals surface area contributed by atoms with Gasteiger partial charge in [0.05, 0.1) is 4.91 Å². The fourth-order valence-electron chi connectivity index (χ4n) is 2.88. The predicted molar refractivity (Wildman–Crippen MR) is 91.5 cm³/mol. The quantitative estimate of drug-likeness (QED) is 0.617. The highest BCUT2D eigenvalue weighted by Crippen LogP contribution is 2.27. The molecule has 3 N–H and O–H groups in total. The molecule has 0 saturated carbocycles. The maximum Gasteiger partial charge on any atom is 0.319 e. The lowest BCUT2D eigenvalue weighted by molar-refractivity contribution is -0.730. The number of aromatic nitrogens is 1. The number of rotatable bonds is 5. The van der Waals surface area contributed by atoms with Crippen molar-refractivity contribution in [1.29, 1.82) is 0 Å². The zero-order chi connectivity index (χ0) is 16.4. The number of hydrogen-bond donors (Lipinski definition) is 3. The van der Waals surface area contributed by atoms with Crippen molar-refractivity contribution in [3.63, 3.8) is 0 Å². The Morgan fingerprint density at radius 2 is 1.91 bits per heavy atom. The van der Waals surface area contributed by atoms with Crippen LogP contribution in [0, 0.1) is 18.8 Å². The Morgan fingerprint density at radius 1 is 1.13 bits per heavy atom. The molecule has 0 spiro atoms. The zero-order valence-corrected chi connectivity index (χ0v) is 13.3. The third-order valence-electron chi connectivity index (χ3n) is 4.35. The third kappa shape index (κ3) is 2.90. The summed E-state index contributed by atoms with van der Waals surface area (Å²) in [4.78, 5) is 14.3. The van der Waals surface area contributed by atoms with Crippen LogP contribution < -0.4 is 5.32 Å². The molecule has 1 heterocycles. The smallest absolute Gasteiger partial charge is 0.319 e. The van der Waals surface area contributed by atoms with E-state index in [9.17, 15) is 4.91 Å². The van der Waals surface area contributed by atoms with Crippen molar-refractivity contribution in [2.75, 3.05) is 11.9 Å². The molecule has 5 nitrogen and oxygen atoms in total. The molecule has 1 aromatic heterocycles. The summed E-state index contributed by atoms with van der Waals surface area (Å²) in [5.74, 6) is 0. The number of fused-ring (bicyclic) bond motifs is 1. The molecule has 0 aliphatic carbocycles. The average Bonchev–Trinajstić information content (AvgIpc) is 2.94. The highest BCUT2D eigenvalue weighted by atomic mass is 16.6. The second kappa shape index (κ2) is 6.12. The number of nitrogens with one attached hydrogen (secondary N) is 2. The van der Waals surface area contributed by atoms with Gasteiger partial charge in [0.15, 0.2) is 0 Å². The molecule has 0 bridgehead atoms. The summed E-state index contributed by atoms with van der Waals surface area (Å²) >= 11 is 0. The summed E-state index contributed by atoms with van der Waals surface area (Å²) in [7, 11) is 0. The highest BCUT2D eigenvalue weighted by Gasteiger charge is 2.18. The number of benzene rings is 2. The van der Waals surface area contributed by atoms with Gasteiger partial charge in [-0.2, -0.15) is 0 Å². The van der Waals surface area contributed by atoms with E-state index in [0.717, 1.165) is 35.3 Å². The fraction of sp³-hybridized carbons (Fsp3) is 0.222. The molecule has 0 saturated heterocycles. The van der Waals surface area contributed by atoms with Gasteiger partial charge < -0.3 is 10.3 Å². The number of para-hydroxylation sites is 1. The Hall–Kier alpha value is -2.82. The van der Waals surface area contributed by atoms with Gasteiger partial charge in [0, 0.05) is 41.0 Å². The minimum Gasteiger partial charge on any atom is -0.384 e. The molecule has 0 aliphatic rings. The van der Waals surface area contributed by atoms with Gasteiger partial charge in [-0.05, 0) is 43.5 Å². The summed E-state index contributed by atoms with van der Waals surface area (Å²) in [6.07, 6.45) is 2.95. The fourth-order valence-corrected chi connectivity index (χ4v) is 2.88. The number of nitrogens with zero attached hydrogens (tertiary/aromatic N) is 1. The molecule has 3 rings (SSSR count). The molecule has 0 amide bonds. The minimum absolute atomic E-state index is 0.0853. The maximum atomic E-state index is 11.1. The Bertz CT molecular complexity index is 868. The number of aromatic amines is 1. The van der Waals surface area contributed by atoms with Crippen LogP contribution in [-0.4, -0.2) is 21.7 Å². The van der Waals surface area contributed by atoms with Gasteiger partial charge >= 0.3 is 5.69 Å². The lowest BCUT2D eigenvalue weighted by Crippen LogP contribution is -2.07. The molecule has 2 aromatic carbocycles. The van der Waals surface area contributed by atoms with Crippen molar-refractivity contribution >= 4 is 22.3 Å². The van der Waals surface area contributed by atoms with Crippen LogP contribution in [0.25, 0.3) is 10.9 Å².